The van der Waals surface area contributed by atoms with Crippen molar-refractivity contribution in [2.75, 3.05) is 6.54 Å². The summed E-state index contributed by atoms with van der Waals surface area (Å²) in [7, 11) is 0. The van der Waals surface area contributed by atoms with Crippen LogP contribution in [-0.2, 0) is 4.79 Å². The summed E-state index contributed by atoms with van der Waals surface area (Å²) in [5.74, 6) is 0.927. The Balaban J connectivity index is 2.11. The minimum Gasteiger partial charge on any atom is -0.355 e. The van der Waals surface area contributed by atoms with Gasteiger partial charge < -0.3 is 11.1 Å². The average molecular weight is 212 g/mol. The molecule has 3 nitrogen and oxygen atoms in total. The van der Waals surface area contributed by atoms with Crippen LogP contribution in [0.15, 0.2) is 0 Å². The SMILES string of the molecule is CC(C)(C)[C@@H](N)C(=O)NCCCC1CC1. The van der Waals surface area contributed by atoms with Crippen LogP contribution < -0.4 is 11.1 Å². The zero-order valence-corrected chi connectivity index (χ0v) is 10.2. The normalized spacial score (nSPS) is 18.7. The average Bonchev–Trinajstić information content (AvgIpc) is 2.93. The van der Waals surface area contributed by atoms with Crippen LogP contribution in [0, 0.1) is 11.3 Å². The Morgan fingerprint density at radius 3 is 2.53 bits per heavy atom. The Morgan fingerprint density at radius 2 is 2.07 bits per heavy atom. The zero-order valence-electron chi connectivity index (χ0n) is 10.2. The Hall–Kier alpha value is -0.570. The van der Waals surface area contributed by atoms with Gasteiger partial charge in [-0.05, 0) is 24.2 Å². The van der Waals surface area contributed by atoms with Crippen LogP contribution >= 0.6 is 0 Å². The first-order valence-electron chi connectivity index (χ1n) is 5.94. The lowest BCUT2D eigenvalue weighted by Crippen LogP contribution is -2.48. The van der Waals surface area contributed by atoms with E-state index in [2.05, 4.69) is 5.32 Å². The molecule has 1 saturated carbocycles. The molecule has 0 aliphatic heterocycles. The molecule has 0 unspecified atom stereocenters. The lowest BCUT2D eigenvalue weighted by Gasteiger charge is -2.25. The molecule has 15 heavy (non-hydrogen) atoms. The standard InChI is InChI=1S/C12H24N2O/c1-12(2,3)10(13)11(15)14-8-4-5-9-6-7-9/h9-10H,4-8,13H2,1-3H3,(H,14,15)/t10-/m0/s1. The number of nitrogens with one attached hydrogen (secondary N) is 1. The number of nitrogens with two attached hydrogens (primary N) is 1. The molecule has 1 rings (SSSR count). The fourth-order valence-electron chi connectivity index (χ4n) is 1.51. The first-order chi connectivity index (χ1) is 6.91. The molecule has 1 aliphatic carbocycles. The summed E-state index contributed by atoms with van der Waals surface area (Å²) < 4.78 is 0. The molecule has 3 heteroatoms. The summed E-state index contributed by atoms with van der Waals surface area (Å²) in [5.41, 5.74) is 5.68. The molecule has 0 spiro atoms. The van der Waals surface area contributed by atoms with Gasteiger partial charge in [-0.2, -0.15) is 0 Å². The maximum atomic E-state index is 11.6. The maximum Gasteiger partial charge on any atom is 0.237 e. The number of hydrogen-bond donors (Lipinski definition) is 2. The number of carbonyl (C=O) groups excluding carboxylic acids is 1. The van der Waals surface area contributed by atoms with E-state index in [0.29, 0.717) is 0 Å². The van der Waals surface area contributed by atoms with Crippen LogP contribution in [0.4, 0.5) is 0 Å². The van der Waals surface area contributed by atoms with Crippen molar-refractivity contribution < 1.29 is 4.79 Å². The summed E-state index contributed by atoms with van der Waals surface area (Å²) in [6.45, 7) is 6.74. The van der Waals surface area contributed by atoms with E-state index in [9.17, 15) is 4.79 Å². The highest BCUT2D eigenvalue weighted by Crippen LogP contribution is 2.33. The van der Waals surface area contributed by atoms with Gasteiger partial charge in [0.25, 0.3) is 0 Å². The lowest BCUT2D eigenvalue weighted by molar-refractivity contribution is -0.124. The van der Waals surface area contributed by atoms with Gasteiger partial charge in [-0.15, -0.1) is 0 Å². The van der Waals surface area contributed by atoms with E-state index in [-0.39, 0.29) is 11.3 Å². The zero-order chi connectivity index (χ0) is 11.5. The first kappa shape index (κ1) is 12.5. The van der Waals surface area contributed by atoms with Crippen LogP contribution in [0.1, 0.15) is 46.5 Å². The Bertz CT molecular complexity index is 216. The van der Waals surface area contributed by atoms with Crippen molar-refractivity contribution in [3.8, 4) is 0 Å². The minimum absolute atomic E-state index is 0.0155. The molecule has 0 radical (unpaired) electrons. The highest BCUT2D eigenvalue weighted by Gasteiger charge is 2.27. The third-order valence-corrected chi connectivity index (χ3v) is 3.00. The maximum absolute atomic E-state index is 11.6. The molecule has 0 bridgehead atoms. The molecule has 1 amide bonds. The third-order valence-electron chi connectivity index (χ3n) is 3.00. The van der Waals surface area contributed by atoms with E-state index in [1.54, 1.807) is 0 Å². The molecule has 0 aromatic rings. The van der Waals surface area contributed by atoms with Crippen molar-refractivity contribution in [3.05, 3.63) is 0 Å². The Labute approximate surface area is 92.8 Å². The van der Waals surface area contributed by atoms with Crippen molar-refractivity contribution in [2.45, 2.75) is 52.5 Å². The number of amides is 1. The van der Waals surface area contributed by atoms with Crippen molar-refractivity contribution in [1.29, 1.82) is 0 Å². The van der Waals surface area contributed by atoms with E-state index in [1.807, 2.05) is 20.8 Å². The number of rotatable bonds is 5. The second-order valence-corrected chi connectivity index (χ2v) is 5.72. The van der Waals surface area contributed by atoms with Gasteiger partial charge in [0, 0.05) is 6.54 Å². The molecule has 0 aromatic carbocycles. The Morgan fingerprint density at radius 1 is 1.47 bits per heavy atom. The fourth-order valence-corrected chi connectivity index (χ4v) is 1.51. The van der Waals surface area contributed by atoms with Gasteiger partial charge in [0.15, 0.2) is 0 Å². The van der Waals surface area contributed by atoms with Crippen LogP contribution in [-0.4, -0.2) is 18.5 Å². The number of hydrogen-bond acceptors (Lipinski definition) is 2. The summed E-state index contributed by atoms with van der Waals surface area (Å²) in [6.07, 6.45) is 5.11. The summed E-state index contributed by atoms with van der Waals surface area (Å²) in [5, 5.41) is 2.91. The van der Waals surface area contributed by atoms with Crippen LogP contribution in [0.5, 0.6) is 0 Å². The van der Waals surface area contributed by atoms with Crippen molar-refractivity contribution in [3.63, 3.8) is 0 Å². The van der Waals surface area contributed by atoms with Gasteiger partial charge >= 0.3 is 0 Å². The number of carbonyl (C=O) groups is 1. The monoisotopic (exact) mass is 212 g/mol. The van der Waals surface area contributed by atoms with E-state index in [0.717, 1.165) is 18.9 Å². The summed E-state index contributed by atoms with van der Waals surface area (Å²) >= 11 is 0. The van der Waals surface area contributed by atoms with Gasteiger partial charge in [-0.25, -0.2) is 0 Å². The predicted molar refractivity (Wildman–Crippen MR) is 62.4 cm³/mol. The fraction of sp³-hybridized carbons (Fsp3) is 0.917. The highest BCUT2D eigenvalue weighted by atomic mass is 16.2. The van der Waals surface area contributed by atoms with Crippen LogP contribution in [0.2, 0.25) is 0 Å². The highest BCUT2D eigenvalue weighted by molar-refractivity contribution is 5.82. The topological polar surface area (TPSA) is 55.1 Å². The quantitative estimate of drug-likeness (QED) is 0.681. The molecular weight excluding hydrogens is 188 g/mol. The van der Waals surface area contributed by atoms with Gasteiger partial charge in [0.2, 0.25) is 5.91 Å². The molecule has 1 aliphatic rings. The molecular formula is C12H24N2O. The molecule has 1 fully saturated rings. The van der Waals surface area contributed by atoms with Gasteiger partial charge in [-0.1, -0.05) is 33.6 Å². The van der Waals surface area contributed by atoms with Gasteiger partial charge in [0.05, 0.1) is 6.04 Å². The second kappa shape index (κ2) is 4.97. The largest absolute Gasteiger partial charge is 0.355 e. The Kier molecular flexibility index (Phi) is 4.14. The summed E-state index contributed by atoms with van der Waals surface area (Å²) in [6, 6.07) is -0.404. The molecule has 3 N–H and O–H groups in total. The second-order valence-electron chi connectivity index (χ2n) is 5.72. The van der Waals surface area contributed by atoms with Crippen molar-refractivity contribution in [2.24, 2.45) is 17.1 Å². The van der Waals surface area contributed by atoms with Gasteiger partial charge in [0.1, 0.15) is 0 Å². The van der Waals surface area contributed by atoms with E-state index >= 15 is 0 Å². The van der Waals surface area contributed by atoms with Gasteiger partial charge in [-0.3, -0.25) is 4.79 Å². The van der Waals surface area contributed by atoms with E-state index < -0.39 is 6.04 Å². The smallest absolute Gasteiger partial charge is 0.237 e. The summed E-state index contributed by atoms with van der Waals surface area (Å²) in [4.78, 5) is 11.6. The van der Waals surface area contributed by atoms with E-state index in [4.69, 9.17) is 5.73 Å². The molecule has 0 heterocycles. The first-order valence-corrected chi connectivity index (χ1v) is 5.94. The van der Waals surface area contributed by atoms with Crippen LogP contribution in [0.3, 0.4) is 0 Å². The third kappa shape index (κ3) is 4.65. The van der Waals surface area contributed by atoms with Crippen LogP contribution in [0.25, 0.3) is 0 Å². The molecule has 0 saturated heterocycles. The molecule has 1 atom stereocenters. The minimum atomic E-state index is -0.404. The van der Waals surface area contributed by atoms with E-state index in [1.165, 1.54) is 19.3 Å². The lowest BCUT2D eigenvalue weighted by atomic mass is 9.87. The molecule has 0 aromatic heterocycles. The molecule has 88 valence electrons. The van der Waals surface area contributed by atoms with Crippen molar-refractivity contribution in [1.82, 2.24) is 5.32 Å². The van der Waals surface area contributed by atoms with Crippen molar-refractivity contribution >= 4 is 5.91 Å². The predicted octanol–water partition coefficient (Wildman–Crippen LogP) is 1.67.